The molecule has 1 aromatic heterocycles. The fourth-order valence-electron chi connectivity index (χ4n) is 2.55. The lowest BCUT2D eigenvalue weighted by Gasteiger charge is -2.10. The number of ether oxygens (including phenoxy) is 1. The molecule has 0 aliphatic heterocycles. The average Bonchev–Trinajstić information content (AvgIpc) is 3.00. The van der Waals surface area contributed by atoms with Crippen LogP contribution in [-0.4, -0.2) is 22.1 Å². The molecule has 0 bridgehead atoms. The lowest BCUT2D eigenvalue weighted by molar-refractivity contribution is -0.143. The number of hydrogen-bond acceptors (Lipinski definition) is 3. The van der Waals surface area contributed by atoms with Crippen LogP contribution in [0.3, 0.4) is 0 Å². The molecule has 0 saturated heterocycles. The zero-order valence-corrected chi connectivity index (χ0v) is 13.0. The van der Waals surface area contributed by atoms with Crippen LogP contribution in [0.2, 0.25) is 0 Å². The molecule has 4 heteroatoms. The van der Waals surface area contributed by atoms with Crippen LogP contribution >= 0.6 is 0 Å². The molecule has 0 unspecified atom stereocenters. The predicted molar refractivity (Wildman–Crippen MR) is 89.7 cm³/mol. The second-order valence-corrected chi connectivity index (χ2v) is 5.11. The van der Waals surface area contributed by atoms with Gasteiger partial charge in [-0.1, -0.05) is 60.7 Å². The second kappa shape index (κ2) is 6.92. The first-order valence-corrected chi connectivity index (χ1v) is 7.61. The Morgan fingerprint density at radius 1 is 1.00 bits per heavy atom. The van der Waals surface area contributed by atoms with E-state index in [1.807, 2.05) is 65.2 Å². The van der Waals surface area contributed by atoms with Gasteiger partial charge in [-0.3, -0.25) is 4.79 Å². The standard InChI is InChI=1S/C19H18N2O2/c1-2-23-17(22)13-21-14-20-18(15-9-5-3-6-10-15)19(21)16-11-7-4-8-12-16/h3-12,14H,2,13H2,1H3. The van der Waals surface area contributed by atoms with Crippen LogP contribution in [0.4, 0.5) is 0 Å². The van der Waals surface area contributed by atoms with Crippen LogP contribution < -0.4 is 0 Å². The van der Waals surface area contributed by atoms with Crippen molar-refractivity contribution in [2.24, 2.45) is 0 Å². The largest absolute Gasteiger partial charge is 0.465 e. The monoisotopic (exact) mass is 306 g/mol. The molecular weight excluding hydrogens is 288 g/mol. The van der Waals surface area contributed by atoms with Crippen molar-refractivity contribution >= 4 is 5.97 Å². The van der Waals surface area contributed by atoms with Crippen molar-refractivity contribution in [3.63, 3.8) is 0 Å². The summed E-state index contributed by atoms with van der Waals surface area (Å²) in [6.07, 6.45) is 1.70. The van der Waals surface area contributed by atoms with E-state index in [0.717, 1.165) is 22.5 Å². The Bertz CT molecular complexity index is 780. The fourth-order valence-corrected chi connectivity index (χ4v) is 2.55. The molecule has 0 N–H and O–H groups in total. The summed E-state index contributed by atoms with van der Waals surface area (Å²) in [4.78, 5) is 16.4. The molecule has 0 saturated carbocycles. The minimum atomic E-state index is -0.262. The minimum Gasteiger partial charge on any atom is -0.465 e. The normalized spacial score (nSPS) is 10.5. The van der Waals surface area contributed by atoms with Gasteiger partial charge in [-0.25, -0.2) is 4.98 Å². The molecule has 0 atom stereocenters. The molecule has 0 fully saturated rings. The zero-order valence-electron chi connectivity index (χ0n) is 13.0. The van der Waals surface area contributed by atoms with E-state index in [2.05, 4.69) is 4.98 Å². The van der Waals surface area contributed by atoms with Crippen molar-refractivity contribution in [2.45, 2.75) is 13.5 Å². The highest BCUT2D eigenvalue weighted by molar-refractivity contribution is 5.80. The molecule has 3 aromatic rings. The molecule has 0 aliphatic rings. The van der Waals surface area contributed by atoms with Gasteiger partial charge in [0.25, 0.3) is 0 Å². The van der Waals surface area contributed by atoms with E-state index in [1.54, 1.807) is 13.3 Å². The summed E-state index contributed by atoms with van der Waals surface area (Å²) < 4.78 is 6.91. The van der Waals surface area contributed by atoms with E-state index < -0.39 is 0 Å². The molecule has 0 spiro atoms. The molecule has 1 heterocycles. The molecule has 0 radical (unpaired) electrons. The summed E-state index contributed by atoms with van der Waals surface area (Å²) >= 11 is 0. The van der Waals surface area contributed by atoms with Gasteiger partial charge in [0.15, 0.2) is 0 Å². The van der Waals surface area contributed by atoms with Crippen molar-refractivity contribution < 1.29 is 9.53 Å². The Morgan fingerprint density at radius 3 is 2.22 bits per heavy atom. The smallest absolute Gasteiger partial charge is 0.325 e. The van der Waals surface area contributed by atoms with E-state index in [4.69, 9.17) is 4.74 Å². The average molecular weight is 306 g/mol. The highest BCUT2D eigenvalue weighted by Gasteiger charge is 2.16. The quantitative estimate of drug-likeness (QED) is 0.674. The number of esters is 1. The molecule has 4 nitrogen and oxygen atoms in total. The lowest BCUT2D eigenvalue weighted by atomic mass is 10.0. The highest BCUT2D eigenvalue weighted by atomic mass is 16.5. The lowest BCUT2D eigenvalue weighted by Crippen LogP contribution is -2.13. The van der Waals surface area contributed by atoms with Gasteiger partial charge in [-0.05, 0) is 6.92 Å². The summed E-state index contributed by atoms with van der Waals surface area (Å²) in [5.41, 5.74) is 3.83. The summed E-state index contributed by atoms with van der Waals surface area (Å²) in [5.74, 6) is -0.262. The first-order chi connectivity index (χ1) is 11.3. The predicted octanol–water partition coefficient (Wildman–Crippen LogP) is 3.78. The van der Waals surface area contributed by atoms with Crippen LogP contribution in [0.25, 0.3) is 22.5 Å². The number of carbonyl (C=O) groups is 1. The van der Waals surface area contributed by atoms with Crippen LogP contribution in [-0.2, 0) is 16.1 Å². The van der Waals surface area contributed by atoms with E-state index in [0.29, 0.717) is 6.61 Å². The second-order valence-electron chi connectivity index (χ2n) is 5.11. The van der Waals surface area contributed by atoms with Gasteiger partial charge in [0.2, 0.25) is 0 Å². The van der Waals surface area contributed by atoms with Crippen LogP contribution in [0.1, 0.15) is 6.92 Å². The van der Waals surface area contributed by atoms with Gasteiger partial charge in [-0.15, -0.1) is 0 Å². The summed E-state index contributed by atoms with van der Waals surface area (Å²) in [5, 5.41) is 0. The zero-order chi connectivity index (χ0) is 16.1. The summed E-state index contributed by atoms with van der Waals surface area (Å²) in [6.45, 7) is 2.33. The van der Waals surface area contributed by atoms with Crippen LogP contribution in [0, 0.1) is 0 Å². The number of carbonyl (C=O) groups excluding carboxylic acids is 1. The third-order valence-corrected chi connectivity index (χ3v) is 3.54. The molecule has 2 aromatic carbocycles. The fraction of sp³-hybridized carbons (Fsp3) is 0.158. The van der Waals surface area contributed by atoms with Crippen molar-refractivity contribution in [2.75, 3.05) is 6.61 Å². The first-order valence-electron chi connectivity index (χ1n) is 7.61. The molecule has 3 rings (SSSR count). The Labute approximate surface area is 135 Å². The van der Waals surface area contributed by atoms with Crippen LogP contribution in [0.5, 0.6) is 0 Å². The van der Waals surface area contributed by atoms with Crippen molar-refractivity contribution in [3.05, 3.63) is 67.0 Å². The third kappa shape index (κ3) is 3.31. The van der Waals surface area contributed by atoms with E-state index >= 15 is 0 Å². The number of benzene rings is 2. The Kier molecular flexibility index (Phi) is 4.52. The van der Waals surface area contributed by atoms with E-state index in [1.165, 1.54) is 0 Å². The molecule has 23 heavy (non-hydrogen) atoms. The maximum atomic E-state index is 11.9. The summed E-state index contributed by atoms with van der Waals surface area (Å²) in [6, 6.07) is 19.9. The first kappa shape index (κ1) is 15.0. The Morgan fingerprint density at radius 2 is 1.61 bits per heavy atom. The minimum absolute atomic E-state index is 0.151. The number of aromatic nitrogens is 2. The van der Waals surface area contributed by atoms with Crippen molar-refractivity contribution in [1.82, 2.24) is 9.55 Å². The highest BCUT2D eigenvalue weighted by Crippen LogP contribution is 2.31. The topological polar surface area (TPSA) is 44.1 Å². The SMILES string of the molecule is CCOC(=O)Cn1cnc(-c2ccccc2)c1-c1ccccc1. The Balaban J connectivity index is 2.07. The number of rotatable bonds is 5. The van der Waals surface area contributed by atoms with Crippen molar-refractivity contribution in [3.8, 4) is 22.5 Å². The van der Waals surface area contributed by atoms with Gasteiger partial charge in [0.05, 0.1) is 24.3 Å². The van der Waals surface area contributed by atoms with Gasteiger partial charge < -0.3 is 9.30 Å². The number of hydrogen-bond donors (Lipinski definition) is 0. The number of nitrogens with zero attached hydrogens (tertiary/aromatic N) is 2. The molecule has 116 valence electrons. The third-order valence-electron chi connectivity index (χ3n) is 3.54. The molecule has 0 aliphatic carbocycles. The van der Waals surface area contributed by atoms with E-state index in [9.17, 15) is 4.79 Å². The number of imidazole rings is 1. The van der Waals surface area contributed by atoms with Crippen LogP contribution in [0.15, 0.2) is 67.0 Å². The van der Waals surface area contributed by atoms with Gasteiger partial charge in [0.1, 0.15) is 6.54 Å². The van der Waals surface area contributed by atoms with Gasteiger partial charge in [-0.2, -0.15) is 0 Å². The molecule has 0 amide bonds. The maximum absolute atomic E-state index is 11.9. The van der Waals surface area contributed by atoms with Gasteiger partial charge in [0, 0.05) is 11.1 Å². The van der Waals surface area contributed by atoms with Crippen molar-refractivity contribution in [1.29, 1.82) is 0 Å². The van der Waals surface area contributed by atoms with E-state index in [-0.39, 0.29) is 12.5 Å². The summed E-state index contributed by atoms with van der Waals surface area (Å²) in [7, 11) is 0. The Hall–Kier alpha value is -2.88. The maximum Gasteiger partial charge on any atom is 0.325 e. The van der Waals surface area contributed by atoms with Gasteiger partial charge >= 0.3 is 5.97 Å². The molecular formula is C19H18N2O2.